The first-order valence-corrected chi connectivity index (χ1v) is 4.55. The zero-order valence-corrected chi connectivity index (χ0v) is 7.49. The molecule has 70 valence electrons. The van der Waals surface area contributed by atoms with Crippen LogP contribution in [0.3, 0.4) is 0 Å². The molecule has 1 saturated carbocycles. The molecule has 0 aromatic heterocycles. The van der Waals surface area contributed by atoms with Gasteiger partial charge in [0.05, 0.1) is 18.1 Å². The van der Waals surface area contributed by atoms with Crippen molar-refractivity contribution >= 4 is 5.91 Å². The van der Waals surface area contributed by atoms with Gasteiger partial charge in [-0.15, -0.1) is 0 Å². The Morgan fingerprint density at radius 1 is 1.77 bits per heavy atom. The molecule has 3 unspecified atom stereocenters. The monoisotopic (exact) mass is 180 g/mol. The molecule has 4 heteroatoms. The van der Waals surface area contributed by atoms with Gasteiger partial charge in [0.1, 0.15) is 6.04 Å². The highest BCUT2D eigenvalue weighted by molar-refractivity contribution is 5.83. The van der Waals surface area contributed by atoms with Gasteiger partial charge in [-0.1, -0.05) is 0 Å². The summed E-state index contributed by atoms with van der Waals surface area (Å²) in [5.74, 6) is 0.416. The molecule has 0 radical (unpaired) electrons. The predicted molar refractivity (Wildman–Crippen MR) is 44.6 cm³/mol. The Balaban J connectivity index is 1.84. The van der Waals surface area contributed by atoms with Crippen molar-refractivity contribution in [2.24, 2.45) is 11.8 Å². The van der Waals surface area contributed by atoms with Crippen molar-refractivity contribution in [2.75, 3.05) is 6.61 Å². The Hall–Kier alpha value is -1.08. The molecule has 4 nitrogen and oxygen atoms in total. The molecule has 1 aliphatic heterocycles. The Morgan fingerprint density at radius 2 is 2.54 bits per heavy atom. The third kappa shape index (κ3) is 1.40. The van der Waals surface area contributed by atoms with E-state index in [1.165, 1.54) is 0 Å². The summed E-state index contributed by atoms with van der Waals surface area (Å²) in [7, 11) is 0. The van der Waals surface area contributed by atoms with Gasteiger partial charge in [0.15, 0.2) is 0 Å². The number of carbonyl (C=O) groups is 1. The third-order valence-corrected chi connectivity index (χ3v) is 2.71. The summed E-state index contributed by atoms with van der Waals surface area (Å²) in [6, 6.07) is 1.58. The maximum absolute atomic E-state index is 11.4. The Kier molecular flexibility index (Phi) is 1.97. The van der Waals surface area contributed by atoms with Crippen molar-refractivity contribution in [3.8, 4) is 6.07 Å². The van der Waals surface area contributed by atoms with E-state index in [0.29, 0.717) is 5.92 Å². The zero-order valence-electron chi connectivity index (χ0n) is 7.49. The smallest absolute Gasteiger partial charge is 0.227 e. The molecule has 0 spiro atoms. The van der Waals surface area contributed by atoms with Crippen LogP contribution in [-0.4, -0.2) is 24.7 Å². The third-order valence-electron chi connectivity index (χ3n) is 2.71. The summed E-state index contributed by atoms with van der Waals surface area (Å²) in [6.07, 6.45) is 1.13. The number of carbonyl (C=O) groups excluding carboxylic acids is 1. The van der Waals surface area contributed by atoms with Crippen LogP contribution in [0.4, 0.5) is 0 Å². The van der Waals surface area contributed by atoms with E-state index < -0.39 is 6.04 Å². The molecule has 4 atom stereocenters. The number of fused-ring (bicyclic) bond motifs is 1. The van der Waals surface area contributed by atoms with Crippen molar-refractivity contribution in [2.45, 2.75) is 25.5 Å². The number of hydrogen-bond acceptors (Lipinski definition) is 3. The topological polar surface area (TPSA) is 62.1 Å². The molecule has 1 N–H and O–H groups in total. The van der Waals surface area contributed by atoms with Gasteiger partial charge < -0.3 is 10.1 Å². The number of ether oxygens (including phenoxy) is 1. The van der Waals surface area contributed by atoms with Crippen LogP contribution >= 0.6 is 0 Å². The lowest BCUT2D eigenvalue weighted by atomic mass is 10.2. The van der Waals surface area contributed by atoms with Crippen molar-refractivity contribution in [1.29, 1.82) is 5.26 Å². The molecule has 0 bridgehead atoms. The molecule has 0 aromatic carbocycles. The van der Waals surface area contributed by atoms with Gasteiger partial charge >= 0.3 is 0 Å². The van der Waals surface area contributed by atoms with Crippen molar-refractivity contribution < 1.29 is 9.53 Å². The Labute approximate surface area is 76.9 Å². The molecule has 0 aromatic rings. The SMILES string of the molecule is C[C@@H](C#N)NC(=O)C1C2CCOC21. The lowest BCUT2D eigenvalue weighted by Gasteiger charge is -2.07. The second kappa shape index (κ2) is 3.00. The zero-order chi connectivity index (χ0) is 9.42. The molecule has 1 heterocycles. The fourth-order valence-electron chi connectivity index (χ4n) is 1.94. The van der Waals surface area contributed by atoms with Crippen LogP contribution < -0.4 is 5.32 Å². The van der Waals surface area contributed by atoms with Crippen molar-refractivity contribution in [1.82, 2.24) is 5.32 Å². The summed E-state index contributed by atoms with van der Waals surface area (Å²) < 4.78 is 5.33. The average molecular weight is 180 g/mol. The molecule has 13 heavy (non-hydrogen) atoms. The van der Waals surface area contributed by atoms with E-state index in [0.717, 1.165) is 13.0 Å². The van der Waals surface area contributed by atoms with Gasteiger partial charge in [0.2, 0.25) is 5.91 Å². The van der Waals surface area contributed by atoms with Gasteiger partial charge in [-0.05, 0) is 13.3 Å². The summed E-state index contributed by atoms with van der Waals surface area (Å²) in [5, 5.41) is 11.1. The summed E-state index contributed by atoms with van der Waals surface area (Å²) in [5.41, 5.74) is 0. The number of nitrogens with zero attached hydrogens (tertiary/aromatic N) is 1. The van der Waals surface area contributed by atoms with Gasteiger partial charge in [0.25, 0.3) is 0 Å². The molecule has 2 rings (SSSR count). The number of hydrogen-bond donors (Lipinski definition) is 1. The maximum Gasteiger partial charge on any atom is 0.227 e. The van der Waals surface area contributed by atoms with E-state index in [4.69, 9.17) is 10.00 Å². The Morgan fingerprint density at radius 3 is 3.08 bits per heavy atom. The van der Waals surface area contributed by atoms with E-state index in [1.807, 2.05) is 6.07 Å². The second-order valence-electron chi connectivity index (χ2n) is 3.67. The first-order valence-electron chi connectivity index (χ1n) is 4.55. The van der Waals surface area contributed by atoms with Crippen LogP contribution in [0, 0.1) is 23.2 Å². The minimum atomic E-state index is -0.395. The molecule has 2 fully saturated rings. The highest BCUT2D eigenvalue weighted by atomic mass is 16.5. The predicted octanol–water partition coefficient (Wildman–Crippen LogP) is 0.0496. The quantitative estimate of drug-likeness (QED) is 0.653. The fourth-order valence-corrected chi connectivity index (χ4v) is 1.94. The van der Waals surface area contributed by atoms with Gasteiger partial charge in [-0.3, -0.25) is 4.79 Å². The molecule has 1 saturated heterocycles. The van der Waals surface area contributed by atoms with Crippen LogP contribution in [0.15, 0.2) is 0 Å². The second-order valence-corrected chi connectivity index (χ2v) is 3.67. The molecule has 1 amide bonds. The largest absolute Gasteiger partial charge is 0.377 e. The lowest BCUT2D eigenvalue weighted by molar-refractivity contribution is -0.124. The minimum absolute atomic E-state index is 0.0181. The fraction of sp³-hybridized carbons (Fsp3) is 0.778. The summed E-state index contributed by atoms with van der Waals surface area (Å²) in [6.45, 7) is 2.46. The van der Waals surface area contributed by atoms with Gasteiger partial charge in [0, 0.05) is 12.5 Å². The number of nitriles is 1. The van der Waals surface area contributed by atoms with E-state index in [-0.39, 0.29) is 17.9 Å². The summed E-state index contributed by atoms with van der Waals surface area (Å²) in [4.78, 5) is 11.4. The Bertz CT molecular complexity index is 261. The number of amides is 1. The van der Waals surface area contributed by atoms with Crippen LogP contribution in [0.25, 0.3) is 0 Å². The van der Waals surface area contributed by atoms with E-state index in [2.05, 4.69) is 5.32 Å². The first-order chi connectivity index (χ1) is 6.24. The number of nitrogens with one attached hydrogen (secondary N) is 1. The van der Waals surface area contributed by atoms with Gasteiger partial charge in [-0.25, -0.2) is 0 Å². The summed E-state index contributed by atoms with van der Waals surface area (Å²) >= 11 is 0. The molecule has 2 aliphatic rings. The molecular weight excluding hydrogens is 168 g/mol. The van der Waals surface area contributed by atoms with Crippen molar-refractivity contribution in [3.63, 3.8) is 0 Å². The number of rotatable bonds is 2. The standard InChI is InChI=1S/C9H12N2O2/c1-5(4-10)11-9(12)7-6-2-3-13-8(6)7/h5-8H,2-3H2,1H3,(H,11,12)/t5-,6?,7?,8?/m0/s1. The highest BCUT2D eigenvalue weighted by Gasteiger charge is 2.58. The average Bonchev–Trinajstić information content (AvgIpc) is 2.61. The lowest BCUT2D eigenvalue weighted by Crippen LogP contribution is -2.34. The van der Waals surface area contributed by atoms with Crippen LogP contribution in [0.1, 0.15) is 13.3 Å². The van der Waals surface area contributed by atoms with E-state index in [9.17, 15) is 4.79 Å². The first kappa shape index (κ1) is 8.52. The maximum atomic E-state index is 11.4. The van der Waals surface area contributed by atoms with Crippen LogP contribution in [0.2, 0.25) is 0 Å². The molecule has 1 aliphatic carbocycles. The van der Waals surface area contributed by atoms with Gasteiger partial charge in [-0.2, -0.15) is 5.26 Å². The van der Waals surface area contributed by atoms with E-state index in [1.54, 1.807) is 6.92 Å². The van der Waals surface area contributed by atoms with E-state index >= 15 is 0 Å². The highest BCUT2D eigenvalue weighted by Crippen LogP contribution is 2.48. The van der Waals surface area contributed by atoms with Crippen LogP contribution in [-0.2, 0) is 9.53 Å². The minimum Gasteiger partial charge on any atom is -0.377 e. The van der Waals surface area contributed by atoms with Crippen LogP contribution in [0.5, 0.6) is 0 Å². The molecular formula is C9H12N2O2. The normalized spacial score (nSPS) is 37.4. The van der Waals surface area contributed by atoms with Crippen molar-refractivity contribution in [3.05, 3.63) is 0 Å².